The highest BCUT2D eigenvalue weighted by Gasteiger charge is 2.23. The molecule has 0 nitrogen and oxygen atoms in total. The summed E-state index contributed by atoms with van der Waals surface area (Å²) in [6.07, 6.45) is 0. The lowest BCUT2D eigenvalue weighted by Gasteiger charge is -2.21. The molecule has 0 radical (unpaired) electrons. The molecule has 0 spiro atoms. The Kier molecular flexibility index (Phi) is 5.48. The van der Waals surface area contributed by atoms with Gasteiger partial charge in [0.25, 0.3) is 0 Å². The first-order chi connectivity index (χ1) is 19.7. The largest absolute Gasteiger partial charge is 0.207 e. The van der Waals surface area contributed by atoms with Crippen LogP contribution in [0.15, 0.2) is 141 Å². The molecule has 7 aromatic carbocycles. The number of fused-ring (bicyclic) bond motifs is 8. The molecule has 0 saturated carbocycles. The summed E-state index contributed by atoms with van der Waals surface area (Å²) < 4.78 is 31.7. The second-order valence-electron chi connectivity index (χ2n) is 9.95. The van der Waals surface area contributed by atoms with Gasteiger partial charge < -0.3 is 0 Å². The van der Waals surface area contributed by atoms with Crippen LogP contribution >= 0.6 is 23.5 Å². The molecule has 40 heavy (non-hydrogen) atoms. The van der Waals surface area contributed by atoms with Crippen LogP contribution < -0.4 is 0 Å². The monoisotopic (exact) mass is 554 g/mol. The van der Waals surface area contributed by atoms with Crippen LogP contribution in [0.2, 0.25) is 0 Å². The third-order valence-electron chi connectivity index (χ3n) is 7.64. The lowest BCUT2D eigenvalue weighted by Crippen LogP contribution is -1.97. The first-order valence-electron chi connectivity index (χ1n) is 13.1. The van der Waals surface area contributed by atoms with Crippen molar-refractivity contribution >= 4 is 55.8 Å². The third kappa shape index (κ3) is 3.67. The second-order valence-corrected chi connectivity index (χ2v) is 12.1. The fraction of sp³-hybridized carbons (Fsp3) is 0. The van der Waals surface area contributed by atoms with Gasteiger partial charge in [-0.2, -0.15) is 0 Å². The minimum atomic E-state index is -0.457. The lowest BCUT2D eigenvalue weighted by molar-refractivity contribution is 0.605. The van der Waals surface area contributed by atoms with E-state index in [0.717, 1.165) is 41.6 Å². The van der Waals surface area contributed by atoms with Crippen LogP contribution in [0.25, 0.3) is 54.6 Å². The van der Waals surface area contributed by atoms with E-state index >= 15 is 8.78 Å². The fourth-order valence-corrected chi connectivity index (χ4v) is 8.22. The zero-order valence-electron chi connectivity index (χ0n) is 21.1. The molecule has 4 heteroatoms. The highest BCUT2D eigenvalue weighted by Crippen LogP contribution is 2.52. The smallest absolute Gasteiger partial charge is 0.139 e. The maximum atomic E-state index is 16.5. The van der Waals surface area contributed by atoms with E-state index in [9.17, 15) is 0 Å². The van der Waals surface area contributed by atoms with E-state index in [0.29, 0.717) is 11.1 Å². The van der Waals surface area contributed by atoms with Crippen LogP contribution in [0.4, 0.5) is 8.78 Å². The summed E-state index contributed by atoms with van der Waals surface area (Å²) in [4.78, 5) is 4.31. The number of rotatable bonds is 2. The highest BCUT2D eigenvalue weighted by atomic mass is 32.2. The SMILES string of the molecule is Fc1cc(-c2ccc3c4ccccc4c4ccccc4c3c2)c(F)c(-c2cccc3c2Sc2ccccc2S3)c1. The van der Waals surface area contributed by atoms with Crippen molar-refractivity contribution in [2.45, 2.75) is 19.6 Å². The van der Waals surface area contributed by atoms with Crippen molar-refractivity contribution in [3.05, 3.63) is 133 Å². The van der Waals surface area contributed by atoms with Gasteiger partial charge in [-0.05, 0) is 79.8 Å². The molecule has 0 bridgehead atoms. The van der Waals surface area contributed by atoms with Gasteiger partial charge in [-0.1, -0.05) is 108 Å². The van der Waals surface area contributed by atoms with Crippen molar-refractivity contribution in [3.8, 4) is 22.3 Å². The molecule has 1 aliphatic heterocycles. The maximum absolute atomic E-state index is 16.5. The quantitative estimate of drug-likeness (QED) is 0.195. The van der Waals surface area contributed by atoms with Gasteiger partial charge in [0.05, 0.1) is 0 Å². The van der Waals surface area contributed by atoms with Crippen molar-refractivity contribution in [1.29, 1.82) is 0 Å². The Morgan fingerprint density at radius 2 is 0.950 bits per heavy atom. The highest BCUT2D eigenvalue weighted by molar-refractivity contribution is 8.05. The maximum Gasteiger partial charge on any atom is 0.139 e. The molecule has 7 aromatic rings. The second kappa shape index (κ2) is 9.22. The van der Waals surface area contributed by atoms with E-state index in [2.05, 4.69) is 42.5 Å². The van der Waals surface area contributed by atoms with Crippen molar-refractivity contribution in [2.24, 2.45) is 0 Å². The Bertz CT molecular complexity index is 2110. The summed E-state index contributed by atoms with van der Waals surface area (Å²) in [5, 5.41) is 6.70. The molecule has 0 atom stereocenters. The zero-order valence-corrected chi connectivity index (χ0v) is 22.8. The number of hydrogen-bond acceptors (Lipinski definition) is 2. The predicted octanol–water partition coefficient (Wildman–Crippen LogP) is 11.4. The van der Waals surface area contributed by atoms with Gasteiger partial charge in [0.2, 0.25) is 0 Å². The van der Waals surface area contributed by atoms with E-state index in [1.807, 2.05) is 66.7 Å². The lowest BCUT2D eigenvalue weighted by atomic mass is 9.91. The van der Waals surface area contributed by atoms with Gasteiger partial charge >= 0.3 is 0 Å². The van der Waals surface area contributed by atoms with Gasteiger partial charge in [0.1, 0.15) is 11.6 Å². The van der Waals surface area contributed by atoms with E-state index < -0.39 is 11.6 Å². The number of hydrogen-bond donors (Lipinski definition) is 0. The molecule has 0 fully saturated rings. The van der Waals surface area contributed by atoms with Gasteiger partial charge in [0.15, 0.2) is 0 Å². The van der Waals surface area contributed by atoms with Crippen molar-refractivity contribution in [2.75, 3.05) is 0 Å². The van der Waals surface area contributed by atoms with Gasteiger partial charge in [-0.3, -0.25) is 0 Å². The summed E-state index contributed by atoms with van der Waals surface area (Å²) in [7, 11) is 0. The molecule has 0 unspecified atom stereocenters. The van der Waals surface area contributed by atoms with Crippen LogP contribution in [-0.4, -0.2) is 0 Å². The molecule has 0 aliphatic carbocycles. The van der Waals surface area contributed by atoms with Gasteiger partial charge in [0, 0.05) is 30.7 Å². The molecule has 190 valence electrons. The predicted molar refractivity (Wildman–Crippen MR) is 164 cm³/mol. The zero-order chi connectivity index (χ0) is 26.8. The van der Waals surface area contributed by atoms with E-state index in [1.165, 1.54) is 22.4 Å². The van der Waals surface area contributed by atoms with Crippen LogP contribution in [0.5, 0.6) is 0 Å². The van der Waals surface area contributed by atoms with Gasteiger partial charge in [-0.15, -0.1) is 0 Å². The Labute approximate surface area is 238 Å². The molecule has 1 heterocycles. The molecule has 0 amide bonds. The Morgan fingerprint density at radius 1 is 0.400 bits per heavy atom. The summed E-state index contributed by atoms with van der Waals surface area (Å²) in [5.74, 6) is -0.870. The normalized spacial score (nSPS) is 12.6. The molecule has 0 N–H and O–H groups in total. The standard InChI is InChI=1S/C36H20F2S2/c37-22-19-29(21-16-17-27-25-10-2-1-8-23(25)24-9-3-4-11-26(24)30(27)18-21)35(38)31(20-22)28-12-7-15-34-36(28)40-33-14-6-5-13-32(33)39-34/h1-20H. The van der Waals surface area contributed by atoms with Crippen LogP contribution in [0.1, 0.15) is 0 Å². The summed E-state index contributed by atoms with van der Waals surface area (Å²) in [5.41, 5.74) is 1.91. The molecule has 1 aliphatic rings. The molecule has 8 rings (SSSR count). The molecular weight excluding hydrogens is 535 g/mol. The minimum absolute atomic E-state index is 0.264. The first kappa shape index (κ1) is 23.7. The van der Waals surface area contributed by atoms with E-state index in [4.69, 9.17) is 0 Å². The van der Waals surface area contributed by atoms with E-state index in [1.54, 1.807) is 23.5 Å². The van der Waals surface area contributed by atoms with Crippen molar-refractivity contribution in [3.63, 3.8) is 0 Å². The number of halogens is 2. The summed E-state index contributed by atoms with van der Waals surface area (Å²) >= 11 is 3.28. The summed E-state index contributed by atoms with van der Waals surface area (Å²) in [6.45, 7) is 0. The van der Waals surface area contributed by atoms with Gasteiger partial charge in [-0.25, -0.2) is 8.78 Å². The summed E-state index contributed by atoms with van der Waals surface area (Å²) in [6, 6.07) is 39.3. The molecule has 0 aromatic heterocycles. The average Bonchev–Trinajstić information content (AvgIpc) is 3.00. The molecular formula is C36H20F2S2. The average molecular weight is 555 g/mol. The van der Waals surface area contributed by atoms with Crippen molar-refractivity contribution in [1.82, 2.24) is 0 Å². The van der Waals surface area contributed by atoms with E-state index in [-0.39, 0.29) is 11.1 Å². The van der Waals surface area contributed by atoms with Crippen molar-refractivity contribution < 1.29 is 8.78 Å². The van der Waals surface area contributed by atoms with Crippen LogP contribution in [-0.2, 0) is 0 Å². The Morgan fingerprint density at radius 3 is 1.65 bits per heavy atom. The minimum Gasteiger partial charge on any atom is -0.207 e. The fourth-order valence-electron chi connectivity index (χ4n) is 5.83. The third-order valence-corrected chi connectivity index (χ3v) is 10.3. The Balaban J connectivity index is 1.34. The topological polar surface area (TPSA) is 0 Å². The van der Waals surface area contributed by atoms with Crippen LogP contribution in [0.3, 0.4) is 0 Å². The first-order valence-corrected chi connectivity index (χ1v) is 14.7. The number of benzene rings is 7. The van der Waals surface area contributed by atoms with Crippen LogP contribution in [0, 0.1) is 11.6 Å². The Hall–Kier alpha value is -4.12. The molecule has 0 saturated heterocycles.